The fraction of sp³-hybridized carbons (Fsp3) is 0.357. The molecule has 3 nitrogen and oxygen atoms in total. The van der Waals surface area contributed by atoms with Crippen LogP contribution < -0.4 is 0 Å². The molecule has 0 heterocycles. The largest absolute Gasteiger partial charge is 0.466 e. The zero-order valence-corrected chi connectivity index (χ0v) is 10.2. The highest BCUT2D eigenvalue weighted by atomic mass is 16.5. The van der Waals surface area contributed by atoms with E-state index in [1.54, 1.807) is 13.0 Å². The number of carbonyl (C=O) groups excluding carboxylic acids is 1. The first-order valence-corrected chi connectivity index (χ1v) is 5.71. The van der Waals surface area contributed by atoms with Crippen molar-refractivity contribution in [1.82, 2.24) is 0 Å². The van der Waals surface area contributed by atoms with E-state index in [2.05, 4.69) is 0 Å². The molecule has 0 fully saturated rings. The van der Waals surface area contributed by atoms with E-state index in [9.17, 15) is 9.90 Å². The second kappa shape index (κ2) is 6.86. The molecule has 1 unspecified atom stereocenters. The van der Waals surface area contributed by atoms with E-state index in [4.69, 9.17) is 4.74 Å². The number of aliphatic hydroxyl groups is 1. The fourth-order valence-electron chi connectivity index (χ4n) is 1.45. The van der Waals surface area contributed by atoms with Crippen LogP contribution in [-0.2, 0) is 9.53 Å². The molecule has 1 rings (SSSR count). The molecule has 0 aliphatic heterocycles. The second-order valence-electron chi connectivity index (χ2n) is 3.79. The number of ether oxygens (including phenoxy) is 1. The number of esters is 1. The lowest BCUT2D eigenvalue weighted by atomic mass is 10.1. The molecule has 92 valence electrons. The topological polar surface area (TPSA) is 46.5 Å². The lowest BCUT2D eigenvalue weighted by molar-refractivity contribution is -0.144. The van der Waals surface area contributed by atoms with Crippen LogP contribution in [0.3, 0.4) is 0 Å². The van der Waals surface area contributed by atoms with Gasteiger partial charge in [0.25, 0.3) is 0 Å². The molecule has 0 radical (unpaired) electrons. The quantitative estimate of drug-likeness (QED) is 0.795. The lowest BCUT2D eigenvalue weighted by Gasteiger charge is -2.05. The van der Waals surface area contributed by atoms with Crippen molar-refractivity contribution in [3.05, 3.63) is 41.5 Å². The molecule has 0 amide bonds. The maximum atomic E-state index is 11.1. The average molecular weight is 234 g/mol. The Labute approximate surface area is 102 Å². The molecule has 0 aliphatic carbocycles. The third-order valence-electron chi connectivity index (χ3n) is 2.37. The molecular formula is C14H18O3. The summed E-state index contributed by atoms with van der Waals surface area (Å²) in [4.78, 5) is 11.1. The number of carbonyl (C=O) groups is 1. The van der Waals surface area contributed by atoms with Crippen LogP contribution in [0.2, 0.25) is 0 Å². The third kappa shape index (κ3) is 4.83. The van der Waals surface area contributed by atoms with Crippen LogP contribution >= 0.6 is 0 Å². The van der Waals surface area contributed by atoms with E-state index in [1.165, 1.54) is 0 Å². The van der Waals surface area contributed by atoms with Gasteiger partial charge in [-0.15, -0.1) is 0 Å². The maximum Gasteiger partial charge on any atom is 0.308 e. The SMILES string of the molecule is CCOC(=O)CC(O)C=Cc1ccccc1C. The van der Waals surface area contributed by atoms with Crippen molar-refractivity contribution in [1.29, 1.82) is 0 Å². The van der Waals surface area contributed by atoms with Crippen LogP contribution in [0, 0.1) is 6.92 Å². The summed E-state index contributed by atoms with van der Waals surface area (Å²) in [5.41, 5.74) is 2.17. The smallest absolute Gasteiger partial charge is 0.308 e. The highest BCUT2D eigenvalue weighted by Gasteiger charge is 2.08. The summed E-state index contributed by atoms with van der Waals surface area (Å²) in [5.74, 6) is -0.380. The zero-order valence-electron chi connectivity index (χ0n) is 10.2. The van der Waals surface area contributed by atoms with E-state index in [0.29, 0.717) is 6.61 Å². The van der Waals surface area contributed by atoms with E-state index in [0.717, 1.165) is 11.1 Å². The Morgan fingerprint density at radius 2 is 2.18 bits per heavy atom. The molecule has 0 saturated carbocycles. The van der Waals surface area contributed by atoms with Gasteiger partial charge in [-0.3, -0.25) is 4.79 Å². The normalized spacial score (nSPS) is 12.6. The van der Waals surface area contributed by atoms with Gasteiger partial charge in [0.1, 0.15) is 0 Å². The lowest BCUT2D eigenvalue weighted by Crippen LogP contribution is -2.13. The fourth-order valence-corrected chi connectivity index (χ4v) is 1.45. The first-order valence-electron chi connectivity index (χ1n) is 5.71. The van der Waals surface area contributed by atoms with Gasteiger partial charge >= 0.3 is 5.97 Å². The van der Waals surface area contributed by atoms with Crippen molar-refractivity contribution in [2.24, 2.45) is 0 Å². The van der Waals surface area contributed by atoms with Crippen LogP contribution in [0.1, 0.15) is 24.5 Å². The molecule has 1 N–H and O–H groups in total. The van der Waals surface area contributed by atoms with Crippen LogP contribution in [-0.4, -0.2) is 23.8 Å². The standard InChI is InChI=1S/C14H18O3/c1-3-17-14(16)10-13(15)9-8-12-7-5-4-6-11(12)2/h4-9,13,15H,3,10H2,1-2H3. The van der Waals surface area contributed by atoms with E-state index < -0.39 is 6.10 Å². The van der Waals surface area contributed by atoms with Crippen molar-refractivity contribution in [2.75, 3.05) is 6.61 Å². The minimum absolute atomic E-state index is 0.00375. The van der Waals surface area contributed by atoms with Gasteiger partial charge in [-0.05, 0) is 25.0 Å². The van der Waals surface area contributed by atoms with Gasteiger partial charge in [-0.25, -0.2) is 0 Å². The first kappa shape index (κ1) is 13.5. The monoisotopic (exact) mass is 234 g/mol. The minimum atomic E-state index is -0.798. The zero-order chi connectivity index (χ0) is 12.7. The highest BCUT2D eigenvalue weighted by Crippen LogP contribution is 2.10. The molecule has 0 spiro atoms. The van der Waals surface area contributed by atoms with E-state index in [-0.39, 0.29) is 12.4 Å². The van der Waals surface area contributed by atoms with Gasteiger partial charge in [-0.1, -0.05) is 36.4 Å². The summed E-state index contributed by atoms with van der Waals surface area (Å²) in [6.45, 7) is 4.08. The Hall–Kier alpha value is -1.61. The molecule has 1 aromatic carbocycles. The highest BCUT2D eigenvalue weighted by molar-refractivity contribution is 5.70. The van der Waals surface area contributed by atoms with Crippen LogP contribution in [0.15, 0.2) is 30.3 Å². The van der Waals surface area contributed by atoms with Crippen LogP contribution in [0.5, 0.6) is 0 Å². The van der Waals surface area contributed by atoms with E-state index in [1.807, 2.05) is 37.3 Å². The Morgan fingerprint density at radius 1 is 1.47 bits per heavy atom. The summed E-state index contributed by atoms with van der Waals surface area (Å²) in [6.07, 6.45) is 2.63. The predicted molar refractivity (Wildman–Crippen MR) is 67.5 cm³/mol. The van der Waals surface area contributed by atoms with Crippen molar-refractivity contribution >= 4 is 12.0 Å². The molecule has 0 aromatic heterocycles. The number of benzene rings is 1. The van der Waals surface area contributed by atoms with Crippen molar-refractivity contribution in [3.63, 3.8) is 0 Å². The van der Waals surface area contributed by atoms with E-state index >= 15 is 0 Å². The molecule has 17 heavy (non-hydrogen) atoms. The van der Waals surface area contributed by atoms with Gasteiger partial charge in [0.05, 0.1) is 19.1 Å². The number of aliphatic hydroxyl groups excluding tert-OH is 1. The van der Waals surface area contributed by atoms with Gasteiger partial charge in [0, 0.05) is 0 Å². The molecule has 0 bridgehead atoms. The first-order chi connectivity index (χ1) is 8.13. The predicted octanol–water partition coefficient (Wildman–Crippen LogP) is 2.32. The van der Waals surface area contributed by atoms with Crippen molar-refractivity contribution in [3.8, 4) is 0 Å². The van der Waals surface area contributed by atoms with Gasteiger partial charge < -0.3 is 9.84 Å². The Bertz CT molecular complexity index is 396. The molecule has 0 saturated heterocycles. The summed E-state index contributed by atoms with van der Waals surface area (Å²) in [7, 11) is 0. The maximum absolute atomic E-state index is 11.1. The summed E-state index contributed by atoms with van der Waals surface area (Å²) >= 11 is 0. The van der Waals surface area contributed by atoms with Gasteiger partial charge in [-0.2, -0.15) is 0 Å². The van der Waals surface area contributed by atoms with Crippen molar-refractivity contribution in [2.45, 2.75) is 26.4 Å². The molecule has 1 atom stereocenters. The summed E-state index contributed by atoms with van der Waals surface area (Å²) in [5, 5.41) is 9.61. The minimum Gasteiger partial charge on any atom is -0.466 e. The Morgan fingerprint density at radius 3 is 2.82 bits per heavy atom. The third-order valence-corrected chi connectivity index (χ3v) is 2.37. The number of rotatable bonds is 5. The average Bonchev–Trinajstić information content (AvgIpc) is 2.28. The molecular weight excluding hydrogens is 216 g/mol. The Balaban J connectivity index is 2.54. The van der Waals surface area contributed by atoms with Gasteiger partial charge in [0.2, 0.25) is 0 Å². The molecule has 0 aliphatic rings. The van der Waals surface area contributed by atoms with Crippen LogP contribution in [0.4, 0.5) is 0 Å². The van der Waals surface area contributed by atoms with Crippen molar-refractivity contribution < 1.29 is 14.6 Å². The van der Waals surface area contributed by atoms with Gasteiger partial charge in [0.15, 0.2) is 0 Å². The summed E-state index contributed by atoms with van der Waals surface area (Å²) < 4.78 is 4.76. The Kier molecular flexibility index (Phi) is 5.43. The molecule has 3 heteroatoms. The molecule has 1 aromatic rings. The number of hydrogen-bond donors (Lipinski definition) is 1. The van der Waals surface area contributed by atoms with Crippen LogP contribution in [0.25, 0.3) is 6.08 Å². The second-order valence-corrected chi connectivity index (χ2v) is 3.79. The number of hydrogen-bond acceptors (Lipinski definition) is 3. The summed E-state index contributed by atoms with van der Waals surface area (Å²) in [6, 6.07) is 7.85. The number of aryl methyl sites for hydroxylation is 1.